The Labute approximate surface area is 205 Å². The van der Waals surface area contributed by atoms with Gasteiger partial charge in [-0.05, 0) is 49.8 Å². The lowest BCUT2D eigenvalue weighted by atomic mass is 9.97. The lowest BCUT2D eigenvalue weighted by Gasteiger charge is -2.41. The summed E-state index contributed by atoms with van der Waals surface area (Å²) in [6.07, 6.45) is 2.50. The Kier molecular flexibility index (Phi) is 7.48. The molecule has 0 spiro atoms. The van der Waals surface area contributed by atoms with Gasteiger partial charge in [-0.25, -0.2) is 0 Å². The number of nitrogens with one attached hydrogen (secondary N) is 1. The van der Waals surface area contributed by atoms with Crippen LogP contribution in [0.4, 0.5) is 0 Å². The molecular weight excluding hydrogens is 478 g/mol. The van der Waals surface area contributed by atoms with Crippen molar-refractivity contribution in [3.8, 4) is 6.07 Å². The fraction of sp³-hybridized carbons (Fsp3) is 0.609. The number of carbonyl (C=O) groups excluding carboxylic acids is 2. The van der Waals surface area contributed by atoms with Gasteiger partial charge in [0.2, 0.25) is 11.8 Å². The third-order valence-electron chi connectivity index (χ3n) is 6.96. The van der Waals surface area contributed by atoms with Crippen molar-refractivity contribution >= 4 is 33.6 Å². The number of nitrogens with zero attached hydrogens (tertiary/aromatic N) is 4. The van der Waals surface area contributed by atoms with Gasteiger partial charge in [0, 0.05) is 44.3 Å². The Morgan fingerprint density at radius 2 is 1.88 bits per heavy atom. The van der Waals surface area contributed by atoms with E-state index in [1.54, 1.807) is 4.90 Å². The van der Waals surface area contributed by atoms with Crippen molar-refractivity contribution in [2.24, 2.45) is 11.8 Å². The maximum atomic E-state index is 13.3. The summed E-state index contributed by atoms with van der Waals surface area (Å²) in [5.74, 6) is -1.10. The first-order valence-corrected chi connectivity index (χ1v) is 13.5. The Morgan fingerprint density at radius 3 is 2.59 bits per heavy atom. The van der Waals surface area contributed by atoms with Crippen molar-refractivity contribution in [2.45, 2.75) is 45.2 Å². The molecule has 1 aromatic rings. The average molecular weight is 508 g/mol. The molecule has 1 N–H and O–H groups in total. The van der Waals surface area contributed by atoms with Gasteiger partial charge in [-0.2, -0.15) is 22.3 Å². The second-order valence-corrected chi connectivity index (χ2v) is 11.7. The van der Waals surface area contributed by atoms with Crippen LogP contribution in [0.5, 0.6) is 0 Å². The van der Waals surface area contributed by atoms with E-state index in [1.165, 1.54) is 8.61 Å². The number of amides is 2. The predicted molar refractivity (Wildman–Crippen MR) is 127 cm³/mol. The van der Waals surface area contributed by atoms with Crippen LogP contribution in [-0.4, -0.2) is 72.5 Å². The molecule has 2 atom stereocenters. The predicted octanol–water partition coefficient (Wildman–Crippen LogP) is 1.67. The smallest absolute Gasteiger partial charge is 0.282 e. The van der Waals surface area contributed by atoms with Crippen LogP contribution in [0.2, 0.25) is 5.02 Å². The topological polar surface area (TPSA) is 114 Å². The molecule has 9 nitrogen and oxygen atoms in total. The zero-order valence-corrected chi connectivity index (χ0v) is 20.8. The zero-order valence-electron chi connectivity index (χ0n) is 19.2. The second-order valence-electron chi connectivity index (χ2n) is 9.34. The number of likely N-dealkylation sites (tertiary alicyclic amines) is 1. The number of rotatable bonds is 6. The van der Waals surface area contributed by atoms with Crippen molar-refractivity contribution in [3.63, 3.8) is 0 Å². The molecular formula is C23H30ClN5O4S. The molecule has 1 aromatic carbocycles. The van der Waals surface area contributed by atoms with Crippen molar-refractivity contribution < 1.29 is 18.0 Å². The number of piperidine rings is 1. The highest BCUT2D eigenvalue weighted by Gasteiger charge is 2.44. The largest absolute Gasteiger partial charge is 0.350 e. The van der Waals surface area contributed by atoms with Crippen molar-refractivity contribution in [3.05, 3.63) is 34.3 Å². The van der Waals surface area contributed by atoms with Gasteiger partial charge in [-0.3, -0.25) is 9.59 Å². The molecule has 0 unspecified atom stereocenters. The molecule has 3 heterocycles. The van der Waals surface area contributed by atoms with Crippen molar-refractivity contribution in [1.82, 2.24) is 18.8 Å². The Bertz CT molecular complexity index is 1100. The van der Waals surface area contributed by atoms with E-state index in [0.717, 1.165) is 17.5 Å². The molecule has 4 rings (SSSR count). The highest BCUT2D eigenvalue weighted by molar-refractivity contribution is 7.86. The van der Waals surface area contributed by atoms with Gasteiger partial charge in [0.15, 0.2) is 0 Å². The first-order valence-electron chi connectivity index (χ1n) is 11.7. The average Bonchev–Trinajstić information content (AvgIpc) is 3.28. The van der Waals surface area contributed by atoms with Crippen LogP contribution in [0.3, 0.4) is 0 Å². The van der Waals surface area contributed by atoms with Crippen LogP contribution in [0.25, 0.3) is 0 Å². The van der Waals surface area contributed by atoms with Gasteiger partial charge in [0.05, 0.1) is 17.9 Å². The first kappa shape index (κ1) is 24.9. The van der Waals surface area contributed by atoms with Crippen LogP contribution < -0.4 is 5.32 Å². The number of hydrogen-bond donors (Lipinski definition) is 1. The van der Waals surface area contributed by atoms with Crippen LogP contribution in [0.15, 0.2) is 18.2 Å². The molecule has 3 aliphatic heterocycles. The van der Waals surface area contributed by atoms with Crippen molar-refractivity contribution in [2.75, 3.05) is 32.7 Å². The summed E-state index contributed by atoms with van der Waals surface area (Å²) in [4.78, 5) is 27.9. The zero-order chi connectivity index (χ0) is 24.5. The standard InChI is InChI=1S/C23H30ClN5O4S/c1-16-6-7-17(10-20(16)24)12-26-22(30)21-5-3-9-29(21)23(31)19-4-2-8-27(15-19)34(32,33)28-13-18(11-25)14-28/h6-7,10,18-19,21H,2-5,8-9,12-15H2,1H3,(H,26,30)/t19-,21+/m0/s1. The van der Waals surface area contributed by atoms with E-state index in [4.69, 9.17) is 16.9 Å². The van der Waals surface area contributed by atoms with Gasteiger partial charge >= 0.3 is 0 Å². The van der Waals surface area contributed by atoms with Gasteiger partial charge in [-0.1, -0.05) is 23.7 Å². The highest BCUT2D eigenvalue weighted by Crippen LogP contribution is 2.29. The van der Waals surface area contributed by atoms with E-state index < -0.39 is 22.2 Å². The molecule has 0 saturated carbocycles. The minimum absolute atomic E-state index is 0.113. The minimum Gasteiger partial charge on any atom is -0.350 e. The normalized spacial score (nSPS) is 24.4. The molecule has 0 radical (unpaired) electrons. The highest BCUT2D eigenvalue weighted by atomic mass is 35.5. The number of aryl methyl sites for hydroxylation is 1. The molecule has 0 aromatic heterocycles. The molecule has 0 aliphatic carbocycles. The summed E-state index contributed by atoms with van der Waals surface area (Å²) < 4.78 is 28.5. The van der Waals surface area contributed by atoms with E-state index in [2.05, 4.69) is 11.4 Å². The van der Waals surface area contributed by atoms with Crippen LogP contribution >= 0.6 is 11.6 Å². The monoisotopic (exact) mass is 507 g/mol. The summed E-state index contributed by atoms with van der Waals surface area (Å²) >= 11 is 6.17. The lowest BCUT2D eigenvalue weighted by Crippen LogP contribution is -2.57. The Hall–Kier alpha value is -2.19. The third kappa shape index (κ3) is 5.08. The van der Waals surface area contributed by atoms with E-state index in [0.29, 0.717) is 43.9 Å². The number of carbonyl (C=O) groups is 2. The molecule has 3 fully saturated rings. The van der Waals surface area contributed by atoms with Gasteiger partial charge in [-0.15, -0.1) is 0 Å². The maximum absolute atomic E-state index is 13.3. The van der Waals surface area contributed by atoms with E-state index in [-0.39, 0.29) is 37.4 Å². The van der Waals surface area contributed by atoms with Crippen LogP contribution in [0.1, 0.15) is 36.8 Å². The molecule has 184 valence electrons. The van der Waals surface area contributed by atoms with Gasteiger partial charge in [0.25, 0.3) is 10.2 Å². The first-order chi connectivity index (χ1) is 16.2. The lowest BCUT2D eigenvalue weighted by molar-refractivity contribution is -0.142. The quantitative estimate of drug-likeness (QED) is 0.629. The molecule has 3 aliphatic rings. The van der Waals surface area contributed by atoms with Crippen LogP contribution in [-0.2, 0) is 26.3 Å². The Morgan fingerprint density at radius 1 is 1.15 bits per heavy atom. The number of halogens is 1. The number of nitriles is 1. The van der Waals surface area contributed by atoms with E-state index >= 15 is 0 Å². The summed E-state index contributed by atoms with van der Waals surface area (Å²) in [6, 6.07) is 7.17. The van der Waals surface area contributed by atoms with Crippen molar-refractivity contribution in [1.29, 1.82) is 5.26 Å². The maximum Gasteiger partial charge on any atom is 0.282 e. The molecule has 0 bridgehead atoms. The van der Waals surface area contributed by atoms with E-state index in [1.807, 2.05) is 25.1 Å². The number of benzene rings is 1. The number of hydrogen-bond acceptors (Lipinski definition) is 5. The van der Waals surface area contributed by atoms with Crippen LogP contribution in [0, 0.1) is 30.1 Å². The minimum atomic E-state index is -3.68. The third-order valence-corrected chi connectivity index (χ3v) is 9.30. The molecule has 3 saturated heterocycles. The fourth-order valence-corrected chi connectivity index (χ4v) is 6.81. The van der Waals surface area contributed by atoms with Gasteiger partial charge < -0.3 is 10.2 Å². The van der Waals surface area contributed by atoms with Gasteiger partial charge in [0.1, 0.15) is 6.04 Å². The summed E-state index contributed by atoms with van der Waals surface area (Å²) in [6.45, 7) is 3.61. The fourth-order valence-electron chi connectivity index (χ4n) is 4.82. The molecule has 2 amide bonds. The second kappa shape index (κ2) is 10.2. The molecule has 34 heavy (non-hydrogen) atoms. The summed E-state index contributed by atoms with van der Waals surface area (Å²) in [5, 5.41) is 12.5. The Balaban J connectivity index is 1.36. The summed E-state index contributed by atoms with van der Waals surface area (Å²) in [7, 11) is -3.68. The SMILES string of the molecule is Cc1ccc(CNC(=O)[C@H]2CCCN2C(=O)[C@H]2CCCN(S(=O)(=O)N3CC(C#N)C3)C2)cc1Cl. The molecule has 11 heteroatoms. The summed E-state index contributed by atoms with van der Waals surface area (Å²) in [5.41, 5.74) is 1.85. The van der Waals surface area contributed by atoms with E-state index in [9.17, 15) is 18.0 Å².